The molecule has 0 radical (unpaired) electrons. The summed E-state index contributed by atoms with van der Waals surface area (Å²) in [6.45, 7) is 3.86. The Kier molecular flexibility index (Phi) is 4.96. The highest BCUT2D eigenvalue weighted by atomic mass is 32.2. The van der Waals surface area contributed by atoms with Crippen molar-refractivity contribution in [2.75, 3.05) is 44.8 Å². The second-order valence-corrected chi connectivity index (χ2v) is 8.71. The summed E-state index contributed by atoms with van der Waals surface area (Å²) in [6.07, 6.45) is 4.60. The monoisotopic (exact) mass is 360 g/mol. The summed E-state index contributed by atoms with van der Waals surface area (Å²) in [5.74, 6) is 3.79. The summed E-state index contributed by atoms with van der Waals surface area (Å²) in [5.41, 5.74) is 0.903. The quantitative estimate of drug-likeness (QED) is 0.827. The molecule has 1 amide bonds. The first kappa shape index (κ1) is 17.2. The predicted octanol–water partition coefficient (Wildman–Crippen LogP) is 2.77. The van der Waals surface area contributed by atoms with Crippen molar-refractivity contribution in [1.82, 2.24) is 9.80 Å². The SMILES string of the molecule is COc1ccc(C2(C(=O)N3CCN(C4CCSCC4)CC3)CC2)cc1. The standard InChI is InChI=1S/C20H28N2O2S/c1-24-18-4-2-16(3-5-18)20(8-9-20)19(23)22-12-10-21(11-13-22)17-6-14-25-15-7-17/h2-5,17H,6-15H2,1H3. The molecule has 3 aliphatic rings. The van der Waals surface area contributed by atoms with Crippen LogP contribution < -0.4 is 4.74 Å². The highest BCUT2D eigenvalue weighted by molar-refractivity contribution is 7.99. The van der Waals surface area contributed by atoms with Crippen molar-refractivity contribution in [3.8, 4) is 5.75 Å². The number of nitrogens with zero attached hydrogens (tertiary/aromatic N) is 2. The van der Waals surface area contributed by atoms with Crippen molar-refractivity contribution in [3.63, 3.8) is 0 Å². The van der Waals surface area contributed by atoms with Crippen LogP contribution in [0.5, 0.6) is 5.75 Å². The fourth-order valence-electron chi connectivity index (χ4n) is 4.30. The minimum atomic E-state index is -0.254. The second kappa shape index (κ2) is 7.20. The fourth-order valence-corrected chi connectivity index (χ4v) is 5.39. The molecular weight excluding hydrogens is 332 g/mol. The number of amides is 1. The van der Waals surface area contributed by atoms with Gasteiger partial charge in [-0.2, -0.15) is 11.8 Å². The lowest BCUT2D eigenvalue weighted by Crippen LogP contribution is -2.54. The Balaban J connectivity index is 1.38. The zero-order valence-corrected chi connectivity index (χ0v) is 15.9. The van der Waals surface area contributed by atoms with Gasteiger partial charge in [0.25, 0.3) is 0 Å². The first-order valence-electron chi connectivity index (χ1n) is 9.49. The average molecular weight is 361 g/mol. The van der Waals surface area contributed by atoms with E-state index in [9.17, 15) is 4.79 Å². The molecule has 1 aromatic carbocycles. The van der Waals surface area contributed by atoms with Gasteiger partial charge < -0.3 is 9.64 Å². The number of carbonyl (C=O) groups is 1. The molecule has 25 heavy (non-hydrogen) atoms. The van der Waals surface area contributed by atoms with Gasteiger partial charge >= 0.3 is 0 Å². The van der Waals surface area contributed by atoms with Gasteiger partial charge in [0.05, 0.1) is 12.5 Å². The minimum absolute atomic E-state index is 0.254. The van der Waals surface area contributed by atoms with E-state index >= 15 is 0 Å². The van der Waals surface area contributed by atoms with E-state index < -0.39 is 0 Å². The number of hydrogen-bond acceptors (Lipinski definition) is 4. The second-order valence-electron chi connectivity index (χ2n) is 7.48. The zero-order valence-electron chi connectivity index (χ0n) is 15.1. The Hall–Kier alpha value is -1.20. The minimum Gasteiger partial charge on any atom is -0.497 e. The number of rotatable bonds is 4. The van der Waals surface area contributed by atoms with Crippen LogP contribution in [0.2, 0.25) is 0 Å². The Morgan fingerprint density at radius 1 is 1.08 bits per heavy atom. The van der Waals surface area contributed by atoms with Crippen LogP contribution in [-0.4, -0.2) is 66.5 Å². The smallest absolute Gasteiger partial charge is 0.233 e. The van der Waals surface area contributed by atoms with Crippen LogP contribution in [0.3, 0.4) is 0 Å². The predicted molar refractivity (Wildman–Crippen MR) is 102 cm³/mol. The number of benzene rings is 1. The largest absolute Gasteiger partial charge is 0.497 e. The van der Waals surface area contributed by atoms with Gasteiger partial charge in [-0.1, -0.05) is 12.1 Å². The van der Waals surface area contributed by atoms with Crippen LogP contribution in [0.15, 0.2) is 24.3 Å². The third kappa shape index (κ3) is 3.41. The van der Waals surface area contributed by atoms with Gasteiger partial charge in [-0.25, -0.2) is 0 Å². The van der Waals surface area contributed by atoms with E-state index in [1.54, 1.807) is 7.11 Å². The van der Waals surface area contributed by atoms with Crippen molar-refractivity contribution in [2.24, 2.45) is 0 Å². The molecule has 2 heterocycles. The maximum atomic E-state index is 13.2. The molecule has 136 valence electrons. The van der Waals surface area contributed by atoms with Gasteiger partial charge in [0.15, 0.2) is 0 Å². The lowest BCUT2D eigenvalue weighted by molar-refractivity contribution is -0.136. The van der Waals surface area contributed by atoms with E-state index in [0.717, 1.165) is 56.4 Å². The zero-order chi connectivity index (χ0) is 17.3. The molecule has 4 rings (SSSR count). The van der Waals surface area contributed by atoms with Gasteiger partial charge in [-0.05, 0) is 54.9 Å². The van der Waals surface area contributed by atoms with Crippen LogP contribution in [0.25, 0.3) is 0 Å². The topological polar surface area (TPSA) is 32.8 Å². The molecule has 0 N–H and O–H groups in total. The van der Waals surface area contributed by atoms with Crippen molar-refractivity contribution >= 4 is 17.7 Å². The van der Waals surface area contributed by atoms with Crippen LogP contribution in [0, 0.1) is 0 Å². The number of hydrogen-bond donors (Lipinski definition) is 0. The van der Waals surface area contributed by atoms with E-state index in [-0.39, 0.29) is 5.41 Å². The summed E-state index contributed by atoms with van der Waals surface area (Å²) in [6, 6.07) is 8.83. The number of carbonyl (C=O) groups excluding carboxylic acids is 1. The van der Waals surface area contributed by atoms with Gasteiger partial charge in [-0.3, -0.25) is 9.69 Å². The normalized spacial score (nSPS) is 24.1. The summed E-state index contributed by atoms with van der Waals surface area (Å²) < 4.78 is 5.25. The van der Waals surface area contributed by atoms with Crippen molar-refractivity contribution in [3.05, 3.63) is 29.8 Å². The fraction of sp³-hybridized carbons (Fsp3) is 0.650. The highest BCUT2D eigenvalue weighted by Crippen LogP contribution is 2.50. The lowest BCUT2D eigenvalue weighted by Gasteiger charge is -2.41. The first-order valence-corrected chi connectivity index (χ1v) is 10.6. The molecule has 0 bridgehead atoms. The van der Waals surface area contributed by atoms with Crippen molar-refractivity contribution in [1.29, 1.82) is 0 Å². The van der Waals surface area contributed by atoms with E-state index in [4.69, 9.17) is 4.74 Å². The third-order valence-electron chi connectivity index (χ3n) is 6.11. The van der Waals surface area contributed by atoms with Gasteiger partial charge in [0.2, 0.25) is 5.91 Å². The van der Waals surface area contributed by atoms with Crippen LogP contribution >= 0.6 is 11.8 Å². The molecule has 1 saturated carbocycles. The van der Waals surface area contributed by atoms with Gasteiger partial charge in [0, 0.05) is 32.2 Å². The number of thioether (sulfide) groups is 1. The maximum absolute atomic E-state index is 13.2. The van der Waals surface area contributed by atoms with Crippen LogP contribution in [0.4, 0.5) is 0 Å². The molecule has 4 nitrogen and oxygen atoms in total. The molecule has 3 fully saturated rings. The molecule has 0 unspecified atom stereocenters. The van der Waals surface area contributed by atoms with Crippen LogP contribution in [0.1, 0.15) is 31.2 Å². The molecule has 0 aromatic heterocycles. The summed E-state index contributed by atoms with van der Waals surface area (Å²) >= 11 is 2.08. The molecule has 1 aliphatic carbocycles. The third-order valence-corrected chi connectivity index (χ3v) is 7.16. The van der Waals surface area contributed by atoms with Crippen molar-refractivity contribution < 1.29 is 9.53 Å². The molecule has 2 saturated heterocycles. The molecular formula is C20H28N2O2S. The molecule has 0 spiro atoms. The Bertz CT molecular complexity index is 601. The van der Waals surface area contributed by atoms with Gasteiger partial charge in [0.1, 0.15) is 5.75 Å². The summed E-state index contributed by atoms with van der Waals surface area (Å²) in [7, 11) is 1.68. The number of methoxy groups -OCH3 is 1. The molecule has 0 atom stereocenters. The molecule has 2 aliphatic heterocycles. The Morgan fingerprint density at radius 2 is 1.72 bits per heavy atom. The van der Waals surface area contributed by atoms with Crippen molar-refractivity contribution in [2.45, 2.75) is 37.1 Å². The lowest BCUT2D eigenvalue weighted by atomic mass is 9.93. The van der Waals surface area contributed by atoms with E-state index in [0.29, 0.717) is 5.91 Å². The van der Waals surface area contributed by atoms with E-state index in [1.165, 1.54) is 24.3 Å². The Morgan fingerprint density at radius 3 is 2.28 bits per heavy atom. The number of ether oxygens (including phenoxy) is 1. The van der Waals surface area contributed by atoms with E-state index in [1.807, 2.05) is 12.1 Å². The maximum Gasteiger partial charge on any atom is 0.233 e. The van der Waals surface area contributed by atoms with Gasteiger partial charge in [-0.15, -0.1) is 0 Å². The van der Waals surface area contributed by atoms with E-state index in [2.05, 4.69) is 33.7 Å². The Labute approximate surface area is 154 Å². The van der Waals surface area contributed by atoms with Crippen LogP contribution in [-0.2, 0) is 10.2 Å². The average Bonchev–Trinajstić information content (AvgIpc) is 3.50. The highest BCUT2D eigenvalue weighted by Gasteiger charge is 2.53. The molecule has 1 aromatic rings. The summed E-state index contributed by atoms with van der Waals surface area (Å²) in [5, 5.41) is 0. The molecule has 5 heteroatoms. The summed E-state index contributed by atoms with van der Waals surface area (Å²) in [4.78, 5) is 17.9. The number of piperazine rings is 1. The first-order chi connectivity index (χ1) is 12.2.